The fourth-order valence-electron chi connectivity index (χ4n) is 3.01. The fraction of sp³-hybridized carbons (Fsp3) is 0.174. The van der Waals surface area contributed by atoms with E-state index in [2.05, 4.69) is 22.8 Å². The molecule has 0 heterocycles. The van der Waals surface area contributed by atoms with Crippen LogP contribution in [0.1, 0.15) is 24.0 Å². The standard InChI is InChI=1S/C23H23N3O3/c27-23(11-6-16-24-20-12-14-21(15-13-20)26(28)29)25-22-10-5-4-9-19(22)17-18-7-2-1-3-8-18/h1-5,7-10,12-15,24H,6,11,16-17H2,(H,25,27). The fourth-order valence-corrected chi connectivity index (χ4v) is 3.01. The van der Waals surface area contributed by atoms with Gasteiger partial charge >= 0.3 is 0 Å². The molecule has 0 unspecified atom stereocenters. The van der Waals surface area contributed by atoms with Gasteiger partial charge in [-0.15, -0.1) is 0 Å². The van der Waals surface area contributed by atoms with Crippen LogP contribution in [0.5, 0.6) is 0 Å². The van der Waals surface area contributed by atoms with Gasteiger partial charge < -0.3 is 10.6 Å². The molecule has 0 aromatic heterocycles. The van der Waals surface area contributed by atoms with Crippen LogP contribution in [0.3, 0.4) is 0 Å². The number of hydrogen-bond donors (Lipinski definition) is 2. The second-order valence-corrected chi connectivity index (χ2v) is 6.70. The average molecular weight is 389 g/mol. The molecule has 3 rings (SSSR count). The largest absolute Gasteiger partial charge is 0.385 e. The lowest BCUT2D eigenvalue weighted by atomic mass is 10.0. The third-order valence-corrected chi connectivity index (χ3v) is 4.52. The molecule has 0 fully saturated rings. The Bertz CT molecular complexity index is 957. The lowest BCUT2D eigenvalue weighted by molar-refractivity contribution is -0.384. The second-order valence-electron chi connectivity index (χ2n) is 6.70. The number of carbonyl (C=O) groups excluding carboxylic acids is 1. The Morgan fingerprint density at radius 1 is 0.897 bits per heavy atom. The molecule has 0 radical (unpaired) electrons. The predicted octanol–water partition coefficient (Wildman–Crippen LogP) is 5.02. The lowest BCUT2D eigenvalue weighted by Gasteiger charge is -2.12. The summed E-state index contributed by atoms with van der Waals surface area (Å²) in [4.78, 5) is 22.6. The smallest absolute Gasteiger partial charge is 0.269 e. The number of hydrogen-bond acceptors (Lipinski definition) is 4. The first-order chi connectivity index (χ1) is 14.1. The van der Waals surface area contributed by atoms with E-state index >= 15 is 0 Å². The molecule has 6 heteroatoms. The minimum atomic E-state index is -0.427. The van der Waals surface area contributed by atoms with Gasteiger partial charge in [0.15, 0.2) is 0 Å². The molecular formula is C23H23N3O3. The molecule has 0 bridgehead atoms. The number of nitrogens with zero attached hydrogens (tertiary/aromatic N) is 1. The summed E-state index contributed by atoms with van der Waals surface area (Å²) < 4.78 is 0. The molecule has 148 valence electrons. The van der Waals surface area contributed by atoms with E-state index < -0.39 is 4.92 Å². The summed E-state index contributed by atoms with van der Waals surface area (Å²) in [6.07, 6.45) is 1.81. The Morgan fingerprint density at radius 2 is 1.59 bits per heavy atom. The van der Waals surface area contributed by atoms with Crippen LogP contribution in [-0.4, -0.2) is 17.4 Å². The van der Waals surface area contributed by atoms with Crippen molar-refractivity contribution in [3.63, 3.8) is 0 Å². The lowest BCUT2D eigenvalue weighted by Crippen LogP contribution is -2.14. The number of para-hydroxylation sites is 1. The van der Waals surface area contributed by atoms with Crippen molar-refractivity contribution < 1.29 is 9.72 Å². The van der Waals surface area contributed by atoms with E-state index in [9.17, 15) is 14.9 Å². The van der Waals surface area contributed by atoms with E-state index in [0.29, 0.717) is 19.4 Å². The monoisotopic (exact) mass is 389 g/mol. The number of nitro groups is 1. The third-order valence-electron chi connectivity index (χ3n) is 4.52. The number of benzene rings is 3. The highest BCUT2D eigenvalue weighted by Gasteiger charge is 2.08. The molecule has 3 aromatic rings. The van der Waals surface area contributed by atoms with Gasteiger partial charge in [-0.3, -0.25) is 14.9 Å². The molecule has 6 nitrogen and oxygen atoms in total. The van der Waals surface area contributed by atoms with Crippen molar-refractivity contribution in [1.82, 2.24) is 0 Å². The van der Waals surface area contributed by atoms with Gasteiger partial charge in [-0.05, 0) is 42.2 Å². The maximum atomic E-state index is 12.3. The normalized spacial score (nSPS) is 10.3. The molecule has 1 amide bonds. The van der Waals surface area contributed by atoms with Gasteiger partial charge in [-0.1, -0.05) is 48.5 Å². The molecule has 0 saturated heterocycles. The highest BCUT2D eigenvalue weighted by Crippen LogP contribution is 2.20. The van der Waals surface area contributed by atoms with Gasteiger partial charge in [-0.2, -0.15) is 0 Å². The number of rotatable bonds is 9. The Morgan fingerprint density at radius 3 is 2.31 bits per heavy atom. The molecule has 0 aliphatic rings. The summed E-state index contributed by atoms with van der Waals surface area (Å²) in [7, 11) is 0. The average Bonchev–Trinajstić information content (AvgIpc) is 2.74. The molecule has 0 spiro atoms. The van der Waals surface area contributed by atoms with Crippen molar-refractivity contribution in [3.05, 3.63) is 100 Å². The number of anilines is 2. The zero-order valence-electron chi connectivity index (χ0n) is 16.0. The summed E-state index contributed by atoms with van der Waals surface area (Å²) in [5.74, 6) is -0.0315. The zero-order chi connectivity index (χ0) is 20.5. The Kier molecular flexibility index (Phi) is 6.95. The molecule has 0 aliphatic carbocycles. The van der Waals surface area contributed by atoms with Crippen LogP contribution in [0.2, 0.25) is 0 Å². The number of amides is 1. The molecule has 0 saturated carbocycles. The van der Waals surface area contributed by atoms with Crippen LogP contribution in [0.4, 0.5) is 17.1 Å². The quantitative estimate of drug-likeness (QED) is 0.306. The minimum absolute atomic E-state index is 0.0315. The first kappa shape index (κ1) is 20.1. The molecular weight excluding hydrogens is 366 g/mol. The maximum Gasteiger partial charge on any atom is 0.269 e. The number of carbonyl (C=O) groups is 1. The SMILES string of the molecule is O=C(CCCNc1ccc([N+](=O)[O-])cc1)Nc1ccccc1Cc1ccccc1. The Labute approximate surface area is 169 Å². The minimum Gasteiger partial charge on any atom is -0.385 e. The van der Waals surface area contributed by atoms with E-state index in [1.807, 2.05) is 42.5 Å². The summed E-state index contributed by atoms with van der Waals surface area (Å²) in [5, 5.41) is 16.8. The van der Waals surface area contributed by atoms with E-state index in [4.69, 9.17) is 0 Å². The topological polar surface area (TPSA) is 84.3 Å². The first-order valence-electron chi connectivity index (χ1n) is 9.52. The van der Waals surface area contributed by atoms with Gasteiger partial charge in [0, 0.05) is 36.5 Å². The molecule has 29 heavy (non-hydrogen) atoms. The van der Waals surface area contributed by atoms with Crippen molar-refractivity contribution in [2.75, 3.05) is 17.2 Å². The van der Waals surface area contributed by atoms with Gasteiger partial charge in [0.25, 0.3) is 5.69 Å². The molecule has 2 N–H and O–H groups in total. The van der Waals surface area contributed by atoms with E-state index in [0.717, 1.165) is 23.4 Å². The van der Waals surface area contributed by atoms with Crippen LogP contribution in [0.25, 0.3) is 0 Å². The molecule has 0 aliphatic heterocycles. The van der Waals surface area contributed by atoms with Crippen molar-refractivity contribution in [2.45, 2.75) is 19.3 Å². The van der Waals surface area contributed by atoms with Crippen LogP contribution >= 0.6 is 0 Å². The summed E-state index contributed by atoms with van der Waals surface area (Å²) in [5.41, 5.74) is 3.97. The highest BCUT2D eigenvalue weighted by atomic mass is 16.6. The van der Waals surface area contributed by atoms with Crippen molar-refractivity contribution >= 4 is 23.0 Å². The number of nitro benzene ring substituents is 1. The summed E-state index contributed by atoms with van der Waals surface area (Å²) in [6, 6.07) is 24.2. The van der Waals surface area contributed by atoms with Crippen molar-refractivity contribution in [2.24, 2.45) is 0 Å². The number of non-ortho nitro benzene ring substituents is 1. The van der Waals surface area contributed by atoms with Gasteiger partial charge in [0.1, 0.15) is 0 Å². The van der Waals surface area contributed by atoms with Crippen LogP contribution in [0, 0.1) is 10.1 Å². The van der Waals surface area contributed by atoms with E-state index in [-0.39, 0.29) is 11.6 Å². The predicted molar refractivity (Wildman–Crippen MR) is 115 cm³/mol. The third kappa shape index (κ3) is 6.17. The molecule has 3 aromatic carbocycles. The summed E-state index contributed by atoms with van der Waals surface area (Å²) in [6.45, 7) is 0.608. The van der Waals surface area contributed by atoms with Gasteiger partial charge in [0.05, 0.1) is 4.92 Å². The second kappa shape index (κ2) is 10.0. The maximum absolute atomic E-state index is 12.3. The van der Waals surface area contributed by atoms with Crippen LogP contribution in [-0.2, 0) is 11.2 Å². The number of nitrogens with one attached hydrogen (secondary N) is 2. The van der Waals surface area contributed by atoms with Crippen LogP contribution < -0.4 is 10.6 Å². The first-order valence-corrected chi connectivity index (χ1v) is 9.52. The molecule has 0 atom stereocenters. The zero-order valence-corrected chi connectivity index (χ0v) is 16.0. The van der Waals surface area contributed by atoms with Gasteiger partial charge in [-0.25, -0.2) is 0 Å². The van der Waals surface area contributed by atoms with Crippen molar-refractivity contribution in [3.8, 4) is 0 Å². The van der Waals surface area contributed by atoms with E-state index in [1.165, 1.54) is 17.7 Å². The Balaban J connectivity index is 1.47. The van der Waals surface area contributed by atoms with Crippen LogP contribution in [0.15, 0.2) is 78.9 Å². The Hall–Kier alpha value is -3.67. The van der Waals surface area contributed by atoms with Gasteiger partial charge in [0.2, 0.25) is 5.91 Å². The van der Waals surface area contributed by atoms with E-state index in [1.54, 1.807) is 12.1 Å². The summed E-state index contributed by atoms with van der Waals surface area (Å²) >= 11 is 0. The highest BCUT2D eigenvalue weighted by molar-refractivity contribution is 5.91. The van der Waals surface area contributed by atoms with Crippen molar-refractivity contribution in [1.29, 1.82) is 0 Å².